The number of allylic oxidation sites excluding steroid dienone is 18. The van der Waals surface area contributed by atoms with Crippen LogP contribution in [0.2, 0.25) is 0 Å². The molecule has 0 N–H and O–H groups in total. The van der Waals surface area contributed by atoms with Crippen LogP contribution in [-0.4, -0.2) is 37.2 Å². The van der Waals surface area contributed by atoms with Gasteiger partial charge in [-0.15, -0.1) is 0 Å². The van der Waals surface area contributed by atoms with Gasteiger partial charge in [-0.1, -0.05) is 233 Å². The predicted octanol–water partition coefficient (Wildman–Crippen LogP) is 18.7. The molecule has 0 radical (unpaired) electrons. The predicted molar refractivity (Wildman–Crippen MR) is 293 cm³/mol. The number of esters is 3. The standard InChI is InChI=1S/C62H102O6/c1-4-7-10-13-16-19-22-25-28-31-32-35-37-40-43-46-49-52-55-61(64)67-58-59(68-62(65)56-53-50-47-44-41-38-34-30-27-24-21-18-15-12-9-6-3)57-66-60(63)54-51-48-45-42-39-36-33-29-26-23-20-17-14-11-8-5-2/h9,12,18,21-22,25,27-33,35,38,41,47,50,59H,4-8,10-11,13-17,19-20,23-24,26,34,36-37,39-40,42-46,48-49,51-58H2,1-3H3/b12-9-,21-18-,25-22-,30-27-,31-28-,33-29-,35-32-,41-38-,50-47-. The molecule has 0 saturated heterocycles. The summed E-state index contributed by atoms with van der Waals surface area (Å²) in [5.41, 5.74) is 0. The first kappa shape index (κ1) is 64.1. The summed E-state index contributed by atoms with van der Waals surface area (Å²) in [4.78, 5) is 38.1. The first-order valence-corrected chi connectivity index (χ1v) is 27.9. The second-order valence-corrected chi connectivity index (χ2v) is 18.2. The summed E-state index contributed by atoms with van der Waals surface area (Å²) in [5.74, 6) is -1.03. The highest BCUT2D eigenvalue weighted by Crippen LogP contribution is 2.13. The normalized spacial score (nSPS) is 12.9. The fraction of sp³-hybridized carbons (Fsp3) is 0.661. The van der Waals surface area contributed by atoms with Gasteiger partial charge >= 0.3 is 17.9 Å². The number of hydrogen-bond donors (Lipinski definition) is 0. The molecule has 6 nitrogen and oxygen atoms in total. The summed E-state index contributed by atoms with van der Waals surface area (Å²) in [6, 6.07) is 0. The van der Waals surface area contributed by atoms with Crippen LogP contribution in [0.15, 0.2) is 109 Å². The molecule has 1 unspecified atom stereocenters. The zero-order valence-electron chi connectivity index (χ0n) is 44.1. The molecule has 0 fully saturated rings. The third-order valence-corrected chi connectivity index (χ3v) is 11.6. The number of ether oxygens (including phenoxy) is 3. The van der Waals surface area contributed by atoms with Crippen LogP contribution in [0.4, 0.5) is 0 Å². The molecule has 0 bridgehead atoms. The first-order chi connectivity index (χ1) is 33.5. The maximum absolute atomic E-state index is 12.8. The van der Waals surface area contributed by atoms with Crippen LogP contribution in [-0.2, 0) is 28.6 Å². The van der Waals surface area contributed by atoms with Crippen molar-refractivity contribution >= 4 is 17.9 Å². The Balaban J connectivity index is 4.55. The number of carbonyl (C=O) groups excluding carboxylic acids is 3. The highest BCUT2D eigenvalue weighted by molar-refractivity contribution is 5.71. The van der Waals surface area contributed by atoms with E-state index in [1.54, 1.807) is 0 Å². The van der Waals surface area contributed by atoms with E-state index in [1.807, 2.05) is 12.2 Å². The Labute approximate surface area is 419 Å². The lowest BCUT2D eigenvalue weighted by Crippen LogP contribution is -2.30. The number of unbranched alkanes of at least 4 members (excludes halogenated alkanes) is 22. The molecular formula is C62H102O6. The zero-order chi connectivity index (χ0) is 49.3. The molecule has 0 saturated carbocycles. The number of rotatable bonds is 49. The lowest BCUT2D eigenvalue weighted by atomic mass is 10.1. The monoisotopic (exact) mass is 943 g/mol. The largest absolute Gasteiger partial charge is 0.462 e. The molecule has 0 aliphatic rings. The van der Waals surface area contributed by atoms with Gasteiger partial charge in [-0.2, -0.15) is 0 Å². The van der Waals surface area contributed by atoms with E-state index >= 15 is 0 Å². The van der Waals surface area contributed by atoms with Crippen LogP contribution in [0.3, 0.4) is 0 Å². The maximum Gasteiger partial charge on any atom is 0.306 e. The summed E-state index contributed by atoms with van der Waals surface area (Å²) < 4.78 is 16.7. The second-order valence-electron chi connectivity index (χ2n) is 18.2. The van der Waals surface area contributed by atoms with E-state index in [4.69, 9.17) is 14.2 Å². The quantitative estimate of drug-likeness (QED) is 0.0199. The van der Waals surface area contributed by atoms with E-state index in [0.29, 0.717) is 19.3 Å². The molecule has 6 heteroatoms. The van der Waals surface area contributed by atoms with Crippen molar-refractivity contribution in [1.82, 2.24) is 0 Å². The molecule has 386 valence electrons. The van der Waals surface area contributed by atoms with Crippen LogP contribution < -0.4 is 0 Å². The highest BCUT2D eigenvalue weighted by Gasteiger charge is 2.19. The van der Waals surface area contributed by atoms with Crippen molar-refractivity contribution in [3.05, 3.63) is 109 Å². The molecule has 0 spiro atoms. The van der Waals surface area contributed by atoms with Crippen molar-refractivity contribution in [2.24, 2.45) is 0 Å². The van der Waals surface area contributed by atoms with Crippen LogP contribution >= 0.6 is 0 Å². The molecule has 1 atom stereocenters. The molecule has 68 heavy (non-hydrogen) atoms. The van der Waals surface area contributed by atoms with Crippen molar-refractivity contribution in [3.63, 3.8) is 0 Å². The van der Waals surface area contributed by atoms with E-state index in [9.17, 15) is 14.4 Å². The minimum absolute atomic E-state index is 0.120. The number of hydrogen-bond acceptors (Lipinski definition) is 6. The third-order valence-electron chi connectivity index (χ3n) is 11.6. The van der Waals surface area contributed by atoms with E-state index in [0.717, 1.165) is 109 Å². The maximum atomic E-state index is 12.8. The minimum atomic E-state index is -0.832. The molecule has 0 heterocycles. The van der Waals surface area contributed by atoms with Crippen LogP contribution in [0.5, 0.6) is 0 Å². The lowest BCUT2D eigenvalue weighted by molar-refractivity contribution is -0.166. The topological polar surface area (TPSA) is 78.9 Å². The van der Waals surface area contributed by atoms with Crippen molar-refractivity contribution in [2.45, 2.75) is 252 Å². The van der Waals surface area contributed by atoms with E-state index in [1.165, 1.54) is 89.9 Å². The van der Waals surface area contributed by atoms with Gasteiger partial charge in [0.1, 0.15) is 13.2 Å². The Hall–Kier alpha value is -3.93. The Morgan fingerprint density at radius 2 is 0.662 bits per heavy atom. The van der Waals surface area contributed by atoms with Crippen LogP contribution in [0, 0.1) is 0 Å². The van der Waals surface area contributed by atoms with Gasteiger partial charge in [0.15, 0.2) is 6.10 Å². The van der Waals surface area contributed by atoms with Gasteiger partial charge in [0.25, 0.3) is 0 Å². The Kier molecular flexibility index (Phi) is 52.4. The van der Waals surface area contributed by atoms with Gasteiger partial charge in [-0.3, -0.25) is 14.4 Å². The molecule has 0 aliphatic heterocycles. The Bertz CT molecular complexity index is 1410. The molecular weight excluding hydrogens is 841 g/mol. The molecule has 0 aromatic rings. The highest BCUT2D eigenvalue weighted by atomic mass is 16.6. The van der Waals surface area contributed by atoms with Gasteiger partial charge in [-0.25, -0.2) is 0 Å². The van der Waals surface area contributed by atoms with Gasteiger partial charge in [0.05, 0.1) is 0 Å². The van der Waals surface area contributed by atoms with E-state index in [2.05, 4.69) is 118 Å². The van der Waals surface area contributed by atoms with Crippen molar-refractivity contribution in [3.8, 4) is 0 Å². The van der Waals surface area contributed by atoms with Gasteiger partial charge < -0.3 is 14.2 Å². The Morgan fingerprint density at radius 1 is 0.324 bits per heavy atom. The average Bonchev–Trinajstić information content (AvgIpc) is 3.34. The van der Waals surface area contributed by atoms with Crippen LogP contribution in [0.1, 0.15) is 245 Å². The molecule has 0 amide bonds. The third kappa shape index (κ3) is 53.0. The van der Waals surface area contributed by atoms with Gasteiger partial charge in [-0.05, 0) is 103 Å². The number of carbonyl (C=O) groups is 3. The van der Waals surface area contributed by atoms with Crippen molar-refractivity contribution in [2.75, 3.05) is 13.2 Å². The molecule has 0 rings (SSSR count). The molecule has 0 aromatic heterocycles. The van der Waals surface area contributed by atoms with Gasteiger partial charge in [0.2, 0.25) is 0 Å². The van der Waals surface area contributed by atoms with Crippen LogP contribution in [0.25, 0.3) is 0 Å². The first-order valence-electron chi connectivity index (χ1n) is 27.9. The second kappa shape index (κ2) is 55.7. The summed E-state index contributed by atoms with van der Waals surface area (Å²) in [7, 11) is 0. The lowest BCUT2D eigenvalue weighted by Gasteiger charge is -2.18. The van der Waals surface area contributed by atoms with Crippen molar-refractivity contribution < 1.29 is 28.6 Å². The summed E-state index contributed by atoms with van der Waals surface area (Å²) in [6.45, 7) is 6.42. The van der Waals surface area contributed by atoms with Crippen molar-refractivity contribution in [1.29, 1.82) is 0 Å². The minimum Gasteiger partial charge on any atom is -0.462 e. The smallest absolute Gasteiger partial charge is 0.306 e. The van der Waals surface area contributed by atoms with E-state index in [-0.39, 0.29) is 31.6 Å². The summed E-state index contributed by atoms with van der Waals surface area (Å²) >= 11 is 0. The average molecular weight is 943 g/mol. The fourth-order valence-corrected chi connectivity index (χ4v) is 7.37. The molecule has 0 aromatic carbocycles. The summed E-state index contributed by atoms with van der Waals surface area (Å²) in [6.07, 6.45) is 75.1. The summed E-state index contributed by atoms with van der Waals surface area (Å²) in [5, 5.41) is 0. The van der Waals surface area contributed by atoms with E-state index < -0.39 is 12.1 Å². The van der Waals surface area contributed by atoms with Gasteiger partial charge in [0, 0.05) is 19.3 Å². The fourth-order valence-electron chi connectivity index (χ4n) is 7.37. The SMILES string of the molecule is CC/C=C\C/C=C\C/C=C\C/C=C\C/C=C\CCC(=O)OC(COC(=O)CCCCCCC\C=C/C=C\C=C/CCCCCCC)COC(=O)CCCCCCC/C=C\CCCCCCCCC. The Morgan fingerprint density at radius 3 is 1.07 bits per heavy atom. The zero-order valence-corrected chi connectivity index (χ0v) is 44.1. The molecule has 0 aliphatic carbocycles.